The summed E-state index contributed by atoms with van der Waals surface area (Å²) in [5.74, 6) is -1.45. The summed E-state index contributed by atoms with van der Waals surface area (Å²) in [5, 5.41) is 11.5. The average molecular weight is 271 g/mol. The lowest BCUT2D eigenvalue weighted by molar-refractivity contribution is -0.138. The number of hydrogen-bond donors (Lipinski definition) is 3. The Morgan fingerprint density at radius 2 is 1.84 bits per heavy atom. The van der Waals surface area contributed by atoms with Gasteiger partial charge in [0.25, 0.3) is 0 Å². The predicted molar refractivity (Wildman–Crippen MR) is 68.3 cm³/mol. The fourth-order valence-corrected chi connectivity index (χ4v) is 2.11. The van der Waals surface area contributed by atoms with Crippen molar-refractivity contribution in [1.82, 2.24) is 10.2 Å². The highest BCUT2D eigenvalue weighted by molar-refractivity contribution is 5.83. The van der Waals surface area contributed by atoms with Crippen molar-refractivity contribution in [2.75, 3.05) is 19.6 Å². The second-order valence-corrected chi connectivity index (χ2v) is 4.69. The Balaban J connectivity index is 2.48. The molecule has 1 unspecified atom stereocenters. The zero-order chi connectivity index (χ0) is 14.3. The molecule has 0 aromatic rings. The molecular formula is C12H21N3O4. The summed E-state index contributed by atoms with van der Waals surface area (Å²) in [5.41, 5.74) is 5.09. The van der Waals surface area contributed by atoms with Gasteiger partial charge < -0.3 is 21.1 Å². The Kier molecular flexibility index (Phi) is 6.27. The van der Waals surface area contributed by atoms with Gasteiger partial charge in [0, 0.05) is 26.1 Å². The fourth-order valence-electron chi connectivity index (χ4n) is 2.11. The molecule has 0 spiro atoms. The van der Waals surface area contributed by atoms with Gasteiger partial charge in [-0.2, -0.15) is 0 Å². The van der Waals surface area contributed by atoms with Crippen LogP contribution in [0, 0.1) is 0 Å². The largest absolute Gasteiger partial charge is 0.481 e. The molecule has 0 radical (unpaired) electrons. The number of nitrogens with one attached hydrogen (secondary N) is 1. The second kappa shape index (κ2) is 7.73. The molecular weight excluding hydrogens is 250 g/mol. The number of carboxylic acids is 1. The van der Waals surface area contributed by atoms with Crippen LogP contribution in [0.5, 0.6) is 0 Å². The van der Waals surface area contributed by atoms with Crippen LogP contribution in [-0.4, -0.2) is 53.5 Å². The second-order valence-electron chi connectivity index (χ2n) is 4.69. The first-order chi connectivity index (χ1) is 9.00. The summed E-state index contributed by atoms with van der Waals surface area (Å²) >= 11 is 0. The number of carbonyl (C=O) groups excluding carboxylic acids is 2. The molecule has 0 aliphatic carbocycles. The number of carboxylic acid groups (broad SMARTS) is 1. The van der Waals surface area contributed by atoms with Crippen LogP contribution in [0.3, 0.4) is 0 Å². The molecule has 1 saturated heterocycles. The highest BCUT2D eigenvalue weighted by Gasteiger charge is 2.26. The van der Waals surface area contributed by atoms with Crippen molar-refractivity contribution in [3.05, 3.63) is 0 Å². The Labute approximate surface area is 112 Å². The highest BCUT2D eigenvalue weighted by atomic mass is 16.4. The Hall–Kier alpha value is -1.63. The normalized spacial score (nSPS) is 16.3. The van der Waals surface area contributed by atoms with E-state index in [1.54, 1.807) is 4.90 Å². The summed E-state index contributed by atoms with van der Waals surface area (Å²) in [6.07, 6.45) is 2.35. The van der Waals surface area contributed by atoms with Gasteiger partial charge in [-0.3, -0.25) is 14.4 Å². The van der Waals surface area contributed by atoms with Crippen LogP contribution in [0.1, 0.15) is 32.1 Å². The van der Waals surface area contributed by atoms with E-state index >= 15 is 0 Å². The van der Waals surface area contributed by atoms with Crippen molar-refractivity contribution in [2.45, 2.75) is 38.1 Å². The summed E-state index contributed by atoms with van der Waals surface area (Å²) < 4.78 is 0. The van der Waals surface area contributed by atoms with E-state index in [4.69, 9.17) is 10.8 Å². The standard InChI is InChI=1S/C12H21N3O4/c13-10(16)4-3-9(14-6-5-11(17)18)12(19)15-7-1-2-8-15/h9,14H,1-8H2,(H2,13,16)(H,17,18). The average Bonchev–Trinajstić information content (AvgIpc) is 2.85. The van der Waals surface area contributed by atoms with Crippen molar-refractivity contribution in [1.29, 1.82) is 0 Å². The van der Waals surface area contributed by atoms with Gasteiger partial charge in [-0.25, -0.2) is 0 Å². The van der Waals surface area contributed by atoms with Crippen LogP contribution >= 0.6 is 0 Å². The summed E-state index contributed by atoms with van der Waals surface area (Å²) in [6.45, 7) is 1.66. The minimum Gasteiger partial charge on any atom is -0.481 e. The number of primary amides is 1. The first-order valence-electron chi connectivity index (χ1n) is 6.53. The maximum atomic E-state index is 12.2. The quantitative estimate of drug-likeness (QED) is 0.540. The van der Waals surface area contributed by atoms with Crippen LogP contribution in [0.25, 0.3) is 0 Å². The van der Waals surface area contributed by atoms with Gasteiger partial charge in [0.2, 0.25) is 11.8 Å². The van der Waals surface area contributed by atoms with Crippen LogP contribution in [0.4, 0.5) is 0 Å². The van der Waals surface area contributed by atoms with Gasteiger partial charge in [-0.1, -0.05) is 0 Å². The number of nitrogens with two attached hydrogens (primary N) is 1. The molecule has 0 aromatic carbocycles. The van der Waals surface area contributed by atoms with E-state index in [-0.39, 0.29) is 25.3 Å². The van der Waals surface area contributed by atoms with Gasteiger partial charge >= 0.3 is 5.97 Å². The van der Waals surface area contributed by atoms with Crippen molar-refractivity contribution in [3.8, 4) is 0 Å². The minimum atomic E-state index is -0.922. The molecule has 1 rings (SSSR count). The Morgan fingerprint density at radius 1 is 1.21 bits per heavy atom. The summed E-state index contributed by atoms with van der Waals surface area (Å²) in [7, 11) is 0. The van der Waals surface area contributed by atoms with Crippen molar-refractivity contribution in [2.24, 2.45) is 5.73 Å². The number of rotatable bonds is 8. The maximum absolute atomic E-state index is 12.2. The van der Waals surface area contributed by atoms with E-state index in [1.807, 2.05) is 0 Å². The van der Waals surface area contributed by atoms with Crippen LogP contribution < -0.4 is 11.1 Å². The van der Waals surface area contributed by atoms with Gasteiger partial charge in [-0.05, 0) is 19.3 Å². The maximum Gasteiger partial charge on any atom is 0.304 e. The van der Waals surface area contributed by atoms with Gasteiger partial charge in [0.1, 0.15) is 0 Å². The number of hydrogen-bond acceptors (Lipinski definition) is 4. The molecule has 7 heteroatoms. The third kappa shape index (κ3) is 5.69. The van der Waals surface area contributed by atoms with Gasteiger partial charge in [-0.15, -0.1) is 0 Å². The van der Waals surface area contributed by atoms with E-state index in [1.165, 1.54) is 0 Å². The summed E-state index contributed by atoms with van der Waals surface area (Å²) in [6, 6.07) is -0.523. The minimum absolute atomic E-state index is 0.0552. The fraction of sp³-hybridized carbons (Fsp3) is 0.750. The van der Waals surface area contributed by atoms with Crippen molar-refractivity contribution >= 4 is 17.8 Å². The lowest BCUT2D eigenvalue weighted by Gasteiger charge is -2.23. The molecule has 2 amide bonds. The molecule has 1 heterocycles. The van der Waals surface area contributed by atoms with Crippen LogP contribution in [-0.2, 0) is 14.4 Å². The van der Waals surface area contributed by atoms with Crippen LogP contribution in [0.2, 0.25) is 0 Å². The summed E-state index contributed by atoms with van der Waals surface area (Å²) in [4.78, 5) is 35.2. The smallest absolute Gasteiger partial charge is 0.304 e. The predicted octanol–water partition coefficient (Wildman–Crippen LogP) is -0.693. The molecule has 7 nitrogen and oxygen atoms in total. The monoisotopic (exact) mass is 271 g/mol. The van der Waals surface area contributed by atoms with E-state index in [0.29, 0.717) is 6.42 Å². The topological polar surface area (TPSA) is 113 Å². The van der Waals surface area contributed by atoms with Gasteiger partial charge in [0.15, 0.2) is 0 Å². The molecule has 1 atom stereocenters. The van der Waals surface area contributed by atoms with E-state index in [0.717, 1.165) is 25.9 Å². The lowest BCUT2D eigenvalue weighted by atomic mass is 10.1. The number of amides is 2. The van der Waals surface area contributed by atoms with Gasteiger partial charge in [0.05, 0.1) is 12.5 Å². The Bertz CT molecular complexity index is 340. The number of carbonyl (C=O) groups is 3. The molecule has 0 aromatic heterocycles. The third-order valence-electron chi connectivity index (χ3n) is 3.12. The van der Waals surface area contributed by atoms with Crippen molar-refractivity contribution < 1.29 is 19.5 Å². The van der Waals surface area contributed by atoms with E-state index in [2.05, 4.69) is 5.32 Å². The third-order valence-corrected chi connectivity index (χ3v) is 3.12. The number of aliphatic carboxylic acids is 1. The molecule has 0 bridgehead atoms. The number of nitrogens with zero attached hydrogens (tertiary/aromatic N) is 1. The highest BCUT2D eigenvalue weighted by Crippen LogP contribution is 2.11. The molecule has 1 fully saturated rings. The molecule has 108 valence electrons. The molecule has 0 saturated carbocycles. The molecule has 4 N–H and O–H groups in total. The number of likely N-dealkylation sites (tertiary alicyclic amines) is 1. The zero-order valence-electron chi connectivity index (χ0n) is 10.9. The van der Waals surface area contributed by atoms with E-state index < -0.39 is 17.9 Å². The zero-order valence-corrected chi connectivity index (χ0v) is 10.9. The van der Waals surface area contributed by atoms with E-state index in [9.17, 15) is 14.4 Å². The Morgan fingerprint density at radius 3 is 2.37 bits per heavy atom. The molecule has 1 aliphatic heterocycles. The van der Waals surface area contributed by atoms with Crippen LogP contribution in [0.15, 0.2) is 0 Å². The first-order valence-corrected chi connectivity index (χ1v) is 6.53. The molecule has 19 heavy (non-hydrogen) atoms. The first kappa shape index (κ1) is 15.4. The lowest BCUT2D eigenvalue weighted by Crippen LogP contribution is -2.46. The van der Waals surface area contributed by atoms with Crippen molar-refractivity contribution in [3.63, 3.8) is 0 Å². The SMILES string of the molecule is NC(=O)CCC(NCCC(=O)O)C(=O)N1CCCC1. The molecule has 1 aliphatic rings.